The molecule has 16 heavy (non-hydrogen) atoms. The smallest absolute Gasteiger partial charge is 0.211 e. The second-order valence-corrected chi connectivity index (χ2v) is 6.44. The third kappa shape index (κ3) is 3.73. The van der Waals surface area contributed by atoms with Crippen molar-refractivity contribution < 1.29 is 8.42 Å². The molecule has 1 aromatic rings. The van der Waals surface area contributed by atoms with Gasteiger partial charge < -0.3 is 0 Å². The molecule has 0 bridgehead atoms. The van der Waals surface area contributed by atoms with Gasteiger partial charge in [0.15, 0.2) is 0 Å². The first-order valence-corrected chi connectivity index (χ1v) is 7.58. The molecule has 1 rings (SSSR count). The number of benzene rings is 1. The molecule has 1 aromatic carbocycles. The van der Waals surface area contributed by atoms with Crippen molar-refractivity contribution in [1.82, 2.24) is 4.72 Å². The Labute approximate surface area is 109 Å². The van der Waals surface area contributed by atoms with Crippen molar-refractivity contribution in [3.8, 4) is 0 Å². The van der Waals surface area contributed by atoms with E-state index in [2.05, 4.69) is 20.7 Å². The Bertz CT molecular complexity index is 450. The Morgan fingerprint density at radius 1 is 1.44 bits per heavy atom. The molecular formula is C10H13BrClNO2S. The molecule has 90 valence electrons. The molecule has 0 heterocycles. The summed E-state index contributed by atoms with van der Waals surface area (Å²) < 4.78 is 26.9. The fourth-order valence-electron chi connectivity index (χ4n) is 1.05. The lowest BCUT2D eigenvalue weighted by molar-refractivity contribution is 0.561. The van der Waals surface area contributed by atoms with Crippen LogP contribution < -0.4 is 4.72 Å². The van der Waals surface area contributed by atoms with Crippen molar-refractivity contribution in [3.05, 3.63) is 28.7 Å². The zero-order valence-electron chi connectivity index (χ0n) is 8.78. The highest BCUT2D eigenvalue weighted by Gasteiger charge is 2.17. The minimum Gasteiger partial charge on any atom is -0.211 e. The van der Waals surface area contributed by atoms with Crippen LogP contribution >= 0.6 is 27.5 Å². The average molecular weight is 327 g/mol. The Balaban J connectivity index is 2.83. The van der Waals surface area contributed by atoms with E-state index in [1.807, 2.05) is 6.92 Å². The van der Waals surface area contributed by atoms with Crippen LogP contribution in [0.3, 0.4) is 0 Å². The molecule has 1 N–H and O–H groups in total. The van der Waals surface area contributed by atoms with E-state index in [1.54, 1.807) is 24.3 Å². The fraction of sp³-hybridized carbons (Fsp3) is 0.400. The zero-order valence-corrected chi connectivity index (χ0v) is 11.9. The molecule has 3 nitrogen and oxygen atoms in total. The van der Waals surface area contributed by atoms with Crippen LogP contribution in [0.4, 0.5) is 0 Å². The zero-order chi connectivity index (χ0) is 12.2. The summed E-state index contributed by atoms with van der Waals surface area (Å²) in [6.07, 6.45) is 0. The van der Waals surface area contributed by atoms with Crippen LogP contribution in [0.15, 0.2) is 33.6 Å². The summed E-state index contributed by atoms with van der Waals surface area (Å²) in [7, 11) is -3.45. The number of sulfonamides is 1. The Hall–Kier alpha value is -0.100. The molecule has 0 aromatic heterocycles. The van der Waals surface area contributed by atoms with E-state index in [0.29, 0.717) is 16.9 Å². The number of hydrogen-bond acceptors (Lipinski definition) is 2. The van der Waals surface area contributed by atoms with Crippen molar-refractivity contribution in [2.24, 2.45) is 5.92 Å². The van der Waals surface area contributed by atoms with Crippen LogP contribution in [0.25, 0.3) is 0 Å². The summed E-state index contributed by atoms with van der Waals surface area (Å²) in [5.74, 6) is 0.539. The van der Waals surface area contributed by atoms with Crippen LogP contribution in [-0.4, -0.2) is 20.8 Å². The van der Waals surface area contributed by atoms with E-state index in [4.69, 9.17) is 11.6 Å². The topological polar surface area (TPSA) is 46.2 Å². The number of hydrogen-bond donors (Lipinski definition) is 1. The molecule has 0 saturated heterocycles. The summed E-state index contributed by atoms with van der Waals surface area (Å²) >= 11 is 8.82. The first kappa shape index (κ1) is 14.0. The Kier molecular flexibility index (Phi) is 5.24. The van der Waals surface area contributed by atoms with E-state index in [-0.39, 0.29) is 10.8 Å². The lowest BCUT2D eigenvalue weighted by atomic mass is 10.2. The molecule has 0 radical (unpaired) electrons. The van der Waals surface area contributed by atoms with Crippen LogP contribution in [-0.2, 0) is 10.0 Å². The highest BCUT2D eigenvalue weighted by molar-refractivity contribution is 9.10. The van der Waals surface area contributed by atoms with Gasteiger partial charge in [0.05, 0.1) is 4.90 Å². The molecule has 0 aliphatic rings. The highest BCUT2D eigenvalue weighted by Crippen LogP contribution is 2.20. The van der Waals surface area contributed by atoms with Crippen molar-refractivity contribution in [2.45, 2.75) is 11.8 Å². The maximum atomic E-state index is 11.9. The number of nitrogens with one attached hydrogen (secondary N) is 1. The molecule has 6 heteroatoms. The molecule has 0 aliphatic heterocycles. The van der Waals surface area contributed by atoms with Crippen molar-refractivity contribution in [1.29, 1.82) is 0 Å². The summed E-state index contributed by atoms with van der Waals surface area (Å²) in [5.41, 5.74) is 0. The van der Waals surface area contributed by atoms with Crippen LogP contribution in [0.2, 0.25) is 0 Å². The van der Waals surface area contributed by atoms with Gasteiger partial charge in [-0.1, -0.05) is 19.1 Å². The van der Waals surface area contributed by atoms with Crippen LogP contribution in [0, 0.1) is 5.92 Å². The SMILES string of the molecule is CC(CCl)CNS(=O)(=O)c1ccccc1Br. The quantitative estimate of drug-likeness (QED) is 0.845. The molecule has 0 fully saturated rings. The molecule has 0 spiro atoms. The van der Waals surface area contributed by atoms with Gasteiger partial charge in [-0.05, 0) is 34.0 Å². The van der Waals surface area contributed by atoms with E-state index in [0.717, 1.165) is 0 Å². The van der Waals surface area contributed by atoms with Gasteiger partial charge in [0, 0.05) is 16.9 Å². The molecule has 1 unspecified atom stereocenters. The molecule has 0 aliphatic carbocycles. The lowest BCUT2D eigenvalue weighted by Gasteiger charge is -2.11. The maximum absolute atomic E-state index is 11.9. The van der Waals surface area contributed by atoms with E-state index >= 15 is 0 Å². The van der Waals surface area contributed by atoms with Gasteiger partial charge >= 0.3 is 0 Å². The lowest BCUT2D eigenvalue weighted by Crippen LogP contribution is -2.29. The third-order valence-corrected chi connectivity index (χ3v) is 4.97. The summed E-state index contributed by atoms with van der Waals surface area (Å²) in [6, 6.07) is 6.70. The van der Waals surface area contributed by atoms with Gasteiger partial charge in [0.2, 0.25) is 10.0 Å². The van der Waals surface area contributed by atoms with Crippen LogP contribution in [0.5, 0.6) is 0 Å². The second kappa shape index (κ2) is 6.00. The van der Waals surface area contributed by atoms with E-state index in [1.165, 1.54) is 0 Å². The number of rotatable bonds is 5. The fourth-order valence-corrected chi connectivity index (χ4v) is 3.32. The van der Waals surface area contributed by atoms with Crippen LogP contribution in [0.1, 0.15) is 6.92 Å². The largest absolute Gasteiger partial charge is 0.241 e. The van der Waals surface area contributed by atoms with Gasteiger partial charge in [-0.3, -0.25) is 0 Å². The summed E-state index contributed by atoms with van der Waals surface area (Å²) in [6.45, 7) is 2.22. The second-order valence-electron chi connectivity index (χ2n) is 3.54. The molecule has 0 amide bonds. The minimum atomic E-state index is -3.45. The summed E-state index contributed by atoms with van der Waals surface area (Å²) in [4.78, 5) is 0.247. The van der Waals surface area contributed by atoms with Crippen molar-refractivity contribution >= 4 is 37.6 Å². The molecular weight excluding hydrogens is 314 g/mol. The van der Waals surface area contributed by atoms with E-state index in [9.17, 15) is 8.42 Å². The third-order valence-electron chi connectivity index (χ3n) is 2.01. The van der Waals surface area contributed by atoms with Crippen molar-refractivity contribution in [2.75, 3.05) is 12.4 Å². The van der Waals surface area contributed by atoms with Gasteiger partial charge in [-0.15, -0.1) is 11.6 Å². The molecule has 1 atom stereocenters. The Morgan fingerprint density at radius 3 is 2.62 bits per heavy atom. The van der Waals surface area contributed by atoms with Crippen molar-refractivity contribution in [3.63, 3.8) is 0 Å². The monoisotopic (exact) mass is 325 g/mol. The predicted octanol–water partition coefficient (Wildman–Crippen LogP) is 2.60. The van der Waals surface area contributed by atoms with E-state index < -0.39 is 10.0 Å². The normalized spacial score (nSPS) is 13.7. The minimum absolute atomic E-state index is 0.110. The van der Waals surface area contributed by atoms with Gasteiger partial charge in [-0.25, -0.2) is 13.1 Å². The number of halogens is 2. The van der Waals surface area contributed by atoms with Gasteiger partial charge in [0.25, 0.3) is 0 Å². The first-order chi connectivity index (χ1) is 7.47. The highest BCUT2D eigenvalue weighted by atomic mass is 79.9. The molecule has 0 saturated carbocycles. The summed E-state index contributed by atoms with van der Waals surface area (Å²) in [5, 5.41) is 0. The van der Waals surface area contributed by atoms with Gasteiger partial charge in [0.1, 0.15) is 0 Å². The maximum Gasteiger partial charge on any atom is 0.241 e. The predicted molar refractivity (Wildman–Crippen MR) is 69.2 cm³/mol. The first-order valence-electron chi connectivity index (χ1n) is 4.77. The standard InChI is InChI=1S/C10H13BrClNO2S/c1-8(6-12)7-13-16(14,15)10-5-3-2-4-9(10)11/h2-5,8,13H,6-7H2,1H3. The van der Waals surface area contributed by atoms with Gasteiger partial charge in [-0.2, -0.15) is 0 Å². The average Bonchev–Trinajstić information content (AvgIpc) is 2.26. The Morgan fingerprint density at radius 2 is 2.06 bits per heavy atom. The number of alkyl halides is 1.